The Morgan fingerprint density at radius 3 is 2.79 bits per heavy atom. The Morgan fingerprint density at radius 1 is 1.32 bits per heavy atom. The standard InChI is InChI=1S/C15H18N2O2/c1-10(16-14(18)12-6-7-12)15(19)17-9-8-11-4-2-3-5-13(11)17/h2-5,10,12H,6-9H2,1H3,(H,16,18)/t10-/m1/s1. The first-order valence-electron chi connectivity index (χ1n) is 6.86. The van der Waals surface area contributed by atoms with E-state index >= 15 is 0 Å². The summed E-state index contributed by atoms with van der Waals surface area (Å²) in [6.45, 7) is 2.48. The molecule has 1 heterocycles. The molecule has 1 aromatic carbocycles. The fourth-order valence-electron chi connectivity index (χ4n) is 2.54. The first-order chi connectivity index (χ1) is 9.16. The van der Waals surface area contributed by atoms with Crippen molar-refractivity contribution in [2.45, 2.75) is 32.2 Å². The van der Waals surface area contributed by atoms with E-state index in [1.165, 1.54) is 5.56 Å². The number of amides is 2. The minimum atomic E-state index is -0.445. The van der Waals surface area contributed by atoms with Crippen LogP contribution in [0.15, 0.2) is 24.3 Å². The molecule has 100 valence electrons. The molecule has 0 unspecified atom stereocenters. The second-order valence-corrected chi connectivity index (χ2v) is 5.37. The van der Waals surface area contributed by atoms with Gasteiger partial charge in [0.2, 0.25) is 11.8 Å². The molecular formula is C15H18N2O2. The maximum absolute atomic E-state index is 12.4. The number of rotatable bonds is 3. The summed E-state index contributed by atoms with van der Waals surface area (Å²) in [5.41, 5.74) is 2.19. The second kappa shape index (κ2) is 4.68. The third-order valence-corrected chi connectivity index (χ3v) is 3.83. The Kier molecular flexibility index (Phi) is 3.01. The lowest BCUT2D eigenvalue weighted by Gasteiger charge is -2.22. The molecule has 3 rings (SSSR count). The van der Waals surface area contributed by atoms with Crippen LogP contribution in [0, 0.1) is 5.92 Å². The van der Waals surface area contributed by atoms with Gasteiger partial charge in [0.15, 0.2) is 0 Å². The van der Waals surface area contributed by atoms with Gasteiger partial charge in [-0.3, -0.25) is 9.59 Å². The van der Waals surface area contributed by atoms with Crippen LogP contribution in [0.1, 0.15) is 25.3 Å². The van der Waals surface area contributed by atoms with Gasteiger partial charge in [0.25, 0.3) is 0 Å². The van der Waals surface area contributed by atoms with Crippen LogP contribution < -0.4 is 10.2 Å². The number of benzene rings is 1. The highest BCUT2D eigenvalue weighted by atomic mass is 16.2. The number of para-hydroxylation sites is 1. The molecule has 4 nitrogen and oxygen atoms in total. The Bertz CT molecular complexity index is 523. The molecular weight excluding hydrogens is 240 g/mol. The van der Waals surface area contributed by atoms with Gasteiger partial charge in [0, 0.05) is 18.2 Å². The number of carbonyl (C=O) groups excluding carboxylic acids is 2. The Morgan fingerprint density at radius 2 is 2.05 bits per heavy atom. The number of hydrogen-bond donors (Lipinski definition) is 1. The van der Waals surface area contributed by atoms with E-state index in [-0.39, 0.29) is 17.7 Å². The molecule has 1 fully saturated rings. The van der Waals surface area contributed by atoms with Crippen molar-refractivity contribution in [1.82, 2.24) is 5.32 Å². The molecule has 0 spiro atoms. The van der Waals surface area contributed by atoms with E-state index in [9.17, 15) is 9.59 Å². The lowest BCUT2D eigenvalue weighted by Crippen LogP contribution is -2.47. The van der Waals surface area contributed by atoms with Crippen LogP contribution >= 0.6 is 0 Å². The molecule has 0 aromatic heterocycles. The van der Waals surface area contributed by atoms with Crippen molar-refractivity contribution < 1.29 is 9.59 Å². The van der Waals surface area contributed by atoms with Crippen molar-refractivity contribution in [3.8, 4) is 0 Å². The summed E-state index contributed by atoms with van der Waals surface area (Å²) in [4.78, 5) is 25.9. The summed E-state index contributed by atoms with van der Waals surface area (Å²) < 4.78 is 0. The first-order valence-corrected chi connectivity index (χ1v) is 6.86. The van der Waals surface area contributed by atoms with Crippen molar-refractivity contribution in [2.24, 2.45) is 5.92 Å². The number of anilines is 1. The maximum atomic E-state index is 12.4. The van der Waals surface area contributed by atoms with Gasteiger partial charge in [-0.25, -0.2) is 0 Å². The zero-order valence-electron chi connectivity index (χ0n) is 11.1. The molecule has 1 aliphatic carbocycles. The normalized spacial score (nSPS) is 18.9. The van der Waals surface area contributed by atoms with Gasteiger partial charge >= 0.3 is 0 Å². The molecule has 1 aliphatic heterocycles. The van der Waals surface area contributed by atoms with Gasteiger partial charge in [-0.1, -0.05) is 18.2 Å². The van der Waals surface area contributed by atoms with E-state index in [1.54, 1.807) is 11.8 Å². The summed E-state index contributed by atoms with van der Waals surface area (Å²) in [5, 5.41) is 2.82. The second-order valence-electron chi connectivity index (χ2n) is 5.37. The van der Waals surface area contributed by atoms with E-state index in [2.05, 4.69) is 11.4 Å². The molecule has 2 amide bonds. The largest absolute Gasteiger partial charge is 0.344 e. The first kappa shape index (κ1) is 12.2. The average Bonchev–Trinajstić information content (AvgIpc) is 3.18. The maximum Gasteiger partial charge on any atom is 0.249 e. The van der Waals surface area contributed by atoms with Crippen LogP contribution in [0.25, 0.3) is 0 Å². The third-order valence-electron chi connectivity index (χ3n) is 3.83. The van der Waals surface area contributed by atoms with E-state index < -0.39 is 6.04 Å². The van der Waals surface area contributed by atoms with Crippen molar-refractivity contribution in [3.05, 3.63) is 29.8 Å². The topological polar surface area (TPSA) is 49.4 Å². The zero-order valence-corrected chi connectivity index (χ0v) is 11.1. The summed E-state index contributed by atoms with van der Waals surface area (Å²) in [7, 11) is 0. The van der Waals surface area contributed by atoms with E-state index in [4.69, 9.17) is 0 Å². The van der Waals surface area contributed by atoms with Crippen LogP contribution in [0.2, 0.25) is 0 Å². The van der Waals surface area contributed by atoms with E-state index in [1.807, 2.05) is 18.2 Å². The molecule has 19 heavy (non-hydrogen) atoms. The van der Waals surface area contributed by atoms with Crippen LogP contribution in [-0.4, -0.2) is 24.4 Å². The SMILES string of the molecule is C[C@@H](NC(=O)C1CC1)C(=O)N1CCc2ccccc21. The number of fused-ring (bicyclic) bond motifs is 1. The number of nitrogens with one attached hydrogen (secondary N) is 1. The summed E-state index contributed by atoms with van der Waals surface area (Å²) in [6, 6.07) is 7.51. The van der Waals surface area contributed by atoms with Crippen LogP contribution in [0.4, 0.5) is 5.69 Å². The summed E-state index contributed by atoms with van der Waals surface area (Å²) >= 11 is 0. The van der Waals surface area contributed by atoms with Crippen LogP contribution in [-0.2, 0) is 16.0 Å². The number of nitrogens with zero attached hydrogens (tertiary/aromatic N) is 1. The Hall–Kier alpha value is -1.84. The molecule has 4 heteroatoms. The fourth-order valence-corrected chi connectivity index (χ4v) is 2.54. The van der Waals surface area contributed by atoms with Gasteiger partial charge in [-0.05, 0) is 37.8 Å². The highest BCUT2D eigenvalue weighted by Crippen LogP contribution is 2.30. The minimum Gasteiger partial charge on any atom is -0.344 e. The predicted octanol–water partition coefficient (Wildman–Crippen LogP) is 1.49. The highest BCUT2D eigenvalue weighted by Gasteiger charge is 2.33. The highest BCUT2D eigenvalue weighted by molar-refractivity contribution is 6.00. The van der Waals surface area contributed by atoms with Gasteiger partial charge in [-0.15, -0.1) is 0 Å². The summed E-state index contributed by atoms with van der Waals surface area (Å²) in [6.07, 6.45) is 2.81. The number of hydrogen-bond acceptors (Lipinski definition) is 2. The Balaban J connectivity index is 1.69. The van der Waals surface area contributed by atoms with Crippen LogP contribution in [0.3, 0.4) is 0 Å². The summed E-state index contributed by atoms with van der Waals surface area (Å²) in [5.74, 6) is 0.147. The van der Waals surface area contributed by atoms with Gasteiger partial charge in [-0.2, -0.15) is 0 Å². The zero-order chi connectivity index (χ0) is 13.4. The Labute approximate surface area is 112 Å². The average molecular weight is 258 g/mol. The van der Waals surface area contributed by atoms with Crippen molar-refractivity contribution >= 4 is 17.5 Å². The monoisotopic (exact) mass is 258 g/mol. The van der Waals surface area contributed by atoms with Crippen molar-refractivity contribution in [3.63, 3.8) is 0 Å². The van der Waals surface area contributed by atoms with Crippen LogP contribution in [0.5, 0.6) is 0 Å². The lowest BCUT2D eigenvalue weighted by atomic mass is 10.2. The predicted molar refractivity (Wildman–Crippen MR) is 72.8 cm³/mol. The molecule has 2 aliphatic rings. The number of carbonyl (C=O) groups is 2. The quantitative estimate of drug-likeness (QED) is 0.893. The molecule has 1 aromatic rings. The van der Waals surface area contributed by atoms with Gasteiger partial charge in [0.05, 0.1) is 0 Å². The fraction of sp³-hybridized carbons (Fsp3) is 0.467. The smallest absolute Gasteiger partial charge is 0.249 e. The van der Waals surface area contributed by atoms with E-state index in [0.29, 0.717) is 6.54 Å². The molecule has 0 bridgehead atoms. The molecule has 0 radical (unpaired) electrons. The molecule has 1 atom stereocenters. The van der Waals surface area contributed by atoms with E-state index in [0.717, 1.165) is 24.9 Å². The van der Waals surface area contributed by atoms with Gasteiger partial charge < -0.3 is 10.2 Å². The molecule has 1 saturated carbocycles. The third kappa shape index (κ3) is 2.35. The lowest BCUT2D eigenvalue weighted by molar-refractivity contribution is -0.127. The molecule has 1 N–H and O–H groups in total. The van der Waals surface area contributed by atoms with Crippen molar-refractivity contribution in [2.75, 3.05) is 11.4 Å². The van der Waals surface area contributed by atoms with Crippen molar-refractivity contribution in [1.29, 1.82) is 0 Å². The minimum absolute atomic E-state index is 0.0149. The van der Waals surface area contributed by atoms with Gasteiger partial charge in [0.1, 0.15) is 6.04 Å². The molecule has 0 saturated heterocycles.